The summed E-state index contributed by atoms with van der Waals surface area (Å²) < 4.78 is 24.7. The lowest BCUT2D eigenvalue weighted by molar-refractivity contribution is 0.418. The van der Waals surface area contributed by atoms with Crippen molar-refractivity contribution < 1.29 is 8.42 Å². The summed E-state index contributed by atoms with van der Waals surface area (Å²) in [6, 6.07) is 1.86. The molecule has 0 N–H and O–H groups in total. The molecule has 0 aliphatic carbocycles. The van der Waals surface area contributed by atoms with Crippen molar-refractivity contribution in [2.45, 2.75) is 27.7 Å². The summed E-state index contributed by atoms with van der Waals surface area (Å²) in [6.07, 6.45) is 0. The highest BCUT2D eigenvalue weighted by atomic mass is 32.2. The molecule has 0 aromatic carbocycles. The molecule has 14 heavy (non-hydrogen) atoms. The van der Waals surface area contributed by atoms with E-state index in [4.69, 9.17) is 5.26 Å². The first-order chi connectivity index (χ1) is 6.23. The molecule has 82 valence electrons. The van der Waals surface area contributed by atoms with Gasteiger partial charge in [0, 0.05) is 6.54 Å². The van der Waals surface area contributed by atoms with Gasteiger partial charge < -0.3 is 0 Å². The number of rotatable bonds is 4. The number of hydrogen-bond donors (Lipinski definition) is 0. The Balaban J connectivity index is 4.69. The van der Waals surface area contributed by atoms with Gasteiger partial charge in [-0.25, -0.2) is 8.42 Å². The molecule has 0 saturated carbocycles. The first-order valence-electron chi connectivity index (χ1n) is 4.57. The maximum atomic E-state index is 11.7. The SMILES string of the molecule is CCN(CC#N)S(=O)(=O)CC(C)(C)C. The van der Waals surface area contributed by atoms with Crippen LogP contribution in [-0.2, 0) is 10.0 Å². The average molecular weight is 218 g/mol. The minimum Gasteiger partial charge on any atom is -0.212 e. The van der Waals surface area contributed by atoms with Crippen LogP contribution in [0.5, 0.6) is 0 Å². The Hall–Kier alpha value is -0.600. The summed E-state index contributed by atoms with van der Waals surface area (Å²) in [5, 5.41) is 8.47. The van der Waals surface area contributed by atoms with Crippen LogP contribution in [0, 0.1) is 16.7 Å². The van der Waals surface area contributed by atoms with Gasteiger partial charge in [0.15, 0.2) is 0 Å². The molecule has 0 aromatic rings. The van der Waals surface area contributed by atoms with Gasteiger partial charge in [0.2, 0.25) is 10.0 Å². The molecule has 0 bridgehead atoms. The molecule has 0 heterocycles. The summed E-state index contributed by atoms with van der Waals surface area (Å²) >= 11 is 0. The third-order valence-corrected chi connectivity index (χ3v) is 4.01. The highest BCUT2D eigenvalue weighted by Gasteiger charge is 2.26. The van der Waals surface area contributed by atoms with Gasteiger partial charge in [-0.3, -0.25) is 0 Å². The van der Waals surface area contributed by atoms with Crippen LogP contribution in [0.4, 0.5) is 0 Å². The number of nitriles is 1. The van der Waals surface area contributed by atoms with E-state index in [2.05, 4.69) is 0 Å². The second-order valence-corrected chi connectivity index (χ2v) is 6.37. The molecule has 0 radical (unpaired) electrons. The van der Waals surface area contributed by atoms with Crippen molar-refractivity contribution in [2.24, 2.45) is 5.41 Å². The predicted octanol–water partition coefficient (Wildman–Crippen LogP) is 1.21. The quantitative estimate of drug-likeness (QED) is 0.666. The van der Waals surface area contributed by atoms with E-state index in [0.29, 0.717) is 6.54 Å². The third-order valence-electron chi connectivity index (χ3n) is 1.61. The topological polar surface area (TPSA) is 61.2 Å². The lowest BCUT2D eigenvalue weighted by Gasteiger charge is -2.23. The van der Waals surface area contributed by atoms with Crippen LogP contribution in [0.1, 0.15) is 27.7 Å². The van der Waals surface area contributed by atoms with Gasteiger partial charge in [-0.05, 0) is 5.41 Å². The Bertz CT molecular complexity index is 309. The van der Waals surface area contributed by atoms with Crippen molar-refractivity contribution >= 4 is 10.0 Å². The summed E-state index contributed by atoms with van der Waals surface area (Å²) in [6.45, 7) is 7.62. The normalized spacial score (nSPS) is 12.9. The maximum Gasteiger partial charge on any atom is 0.215 e. The third kappa shape index (κ3) is 4.58. The van der Waals surface area contributed by atoms with Crippen LogP contribution >= 0.6 is 0 Å². The van der Waals surface area contributed by atoms with E-state index in [9.17, 15) is 8.42 Å². The average Bonchev–Trinajstić information content (AvgIpc) is 1.94. The largest absolute Gasteiger partial charge is 0.215 e. The van der Waals surface area contributed by atoms with Gasteiger partial charge in [0.25, 0.3) is 0 Å². The van der Waals surface area contributed by atoms with Gasteiger partial charge in [-0.2, -0.15) is 9.57 Å². The molecule has 0 saturated heterocycles. The molecule has 0 aliphatic heterocycles. The Kier molecular flexibility index (Phi) is 4.56. The van der Waals surface area contributed by atoms with Crippen LogP contribution in [0.25, 0.3) is 0 Å². The van der Waals surface area contributed by atoms with Crippen molar-refractivity contribution in [3.8, 4) is 6.07 Å². The molecule has 0 aliphatic rings. The molecule has 0 aromatic heterocycles. The van der Waals surface area contributed by atoms with Gasteiger partial charge >= 0.3 is 0 Å². The van der Waals surface area contributed by atoms with Crippen LogP contribution in [0.15, 0.2) is 0 Å². The van der Waals surface area contributed by atoms with Gasteiger partial charge in [0.1, 0.15) is 6.54 Å². The van der Waals surface area contributed by atoms with Crippen molar-refractivity contribution in [1.82, 2.24) is 4.31 Å². The van der Waals surface area contributed by atoms with E-state index >= 15 is 0 Å². The van der Waals surface area contributed by atoms with Gasteiger partial charge in [-0.15, -0.1) is 0 Å². The molecule has 0 amide bonds. The van der Waals surface area contributed by atoms with Crippen LogP contribution < -0.4 is 0 Å². The van der Waals surface area contributed by atoms with E-state index in [1.807, 2.05) is 26.8 Å². The molecule has 4 nitrogen and oxygen atoms in total. The van der Waals surface area contributed by atoms with Crippen molar-refractivity contribution in [1.29, 1.82) is 5.26 Å². The van der Waals surface area contributed by atoms with Crippen molar-refractivity contribution in [3.63, 3.8) is 0 Å². The lowest BCUT2D eigenvalue weighted by Crippen LogP contribution is -2.37. The van der Waals surface area contributed by atoms with E-state index in [-0.39, 0.29) is 17.7 Å². The highest BCUT2D eigenvalue weighted by molar-refractivity contribution is 7.89. The smallest absolute Gasteiger partial charge is 0.212 e. The standard InChI is InChI=1S/C9H18N2O2S/c1-5-11(7-6-10)14(12,13)8-9(2,3)4/h5,7-8H2,1-4H3. The molecule has 0 unspecified atom stereocenters. The monoisotopic (exact) mass is 218 g/mol. The zero-order valence-corrected chi connectivity index (χ0v) is 10.1. The lowest BCUT2D eigenvalue weighted by atomic mass is 10.0. The molecule has 0 spiro atoms. The molecule has 5 heteroatoms. The Morgan fingerprint density at radius 2 is 1.86 bits per heavy atom. The fraction of sp³-hybridized carbons (Fsp3) is 0.889. The predicted molar refractivity (Wildman–Crippen MR) is 56.1 cm³/mol. The second kappa shape index (κ2) is 4.76. The van der Waals surface area contributed by atoms with Crippen molar-refractivity contribution in [2.75, 3.05) is 18.8 Å². The molecular weight excluding hydrogens is 200 g/mol. The van der Waals surface area contributed by atoms with Crippen LogP contribution in [0.2, 0.25) is 0 Å². The Morgan fingerprint density at radius 3 is 2.14 bits per heavy atom. The number of nitrogens with zero attached hydrogens (tertiary/aromatic N) is 2. The minimum atomic E-state index is -3.28. The van der Waals surface area contributed by atoms with E-state index in [1.165, 1.54) is 4.31 Å². The fourth-order valence-corrected chi connectivity index (χ4v) is 3.05. The van der Waals surface area contributed by atoms with E-state index in [1.54, 1.807) is 6.92 Å². The van der Waals surface area contributed by atoms with Crippen LogP contribution in [-0.4, -0.2) is 31.6 Å². The summed E-state index contributed by atoms with van der Waals surface area (Å²) in [5.41, 5.74) is -0.276. The zero-order valence-electron chi connectivity index (χ0n) is 9.24. The minimum absolute atomic E-state index is 0.0606. The van der Waals surface area contributed by atoms with Gasteiger partial charge in [0.05, 0.1) is 11.8 Å². The van der Waals surface area contributed by atoms with Crippen molar-refractivity contribution in [3.05, 3.63) is 0 Å². The molecular formula is C9H18N2O2S. The summed E-state index contributed by atoms with van der Waals surface area (Å²) in [4.78, 5) is 0. The number of hydrogen-bond acceptors (Lipinski definition) is 3. The Morgan fingerprint density at radius 1 is 1.36 bits per heavy atom. The molecule has 0 atom stereocenters. The van der Waals surface area contributed by atoms with Crippen LogP contribution in [0.3, 0.4) is 0 Å². The summed E-state index contributed by atoms with van der Waals surface area (Å²) in [7, 11) is -3.28. The Labute approximate surface area is 86.6 Å². The zero-order chi connectivity index (χ0) is 11.4. The molecule has 0 fully saturated rings. The number of sulfonamides is 1. The molecule has 0 rings (SSSR count). The van der Waals surface area contributed by atoms with Gasteiger partial charge in [-0.1, -0.05) is 27.7 Å². The fourth-order valence-electron chi connectivity index (χ4n) is 1.12. The van der Waals surface area contributed by atoms with E-state index in [0.717, 1.165) is 0 Å². The summed E-state index contributed by atoms with van der Waals surface area (Å²) in [5.74, 6) is 0.0789. The first kappa shape index (κ1) is 13.4. The first-order valence-corrected chi connectivity index (χ1v) is 6.18. The highest BCUT2D eigenvalue weighted by Crippen LogP contribution is 2.18. The maximum absolute atomic E-state index is 11.7. The second-order valence-electron chi connectivity index (χ2n) is 4.40. The van der Waals surface area contributed by atoms with E-state index < -0.39 is 10.0 Å².